The molecule has 1 unspecified atom stereocenters. The Labute approximate surface area is 126 Å². The van der Waals surface area contributed by atoms with E-state index >= 15 is 0 Å². The van der Waals surface area contributed by atoms with Crippen LogP contribution in [0.4, 0.5) is 11.6 Å². The predicted octanol–water partition coefficient (Wildman–Crippen LogP) is 1.98. The van der Waals surface area contributed by atoms with E-state index in [-0.39, 0.29) is 11.9 Å². The number of amides is 1. The summed E-state index contributed by atoms with van der Waals surface area (Å²) in [7, 11) is 3.51. The average molecular weight is 291 g/mol. The van der Waals surface area contributed by atoms with Crippen molar-refractivity contribution in [1.29, 1.82) is 0 Å². The third-order valence-corrected chi connectivity index (χ3v) is 3.61. The molecule has 116 valence electrons. The van der Waals surface area contributed by atoms with Gasteiger partial charge in [0, 0.05) is 32.1 Å². The molecule has 1 aromatic rings. The highest BCUT2D eigenvalue weighted by molar-refractivity contribution is 5.84. The molecule has 1 amide bonds. The van der Waals surface area contributed by atoms with E-state index in [0.29, 0.717) is 5.92 Å². The Morgan fingerprint density at radius 3 is 2.48 bits per heavy atom. The number of nitrogens with one attached hydrogen (secondary N) is 2. The SMILES string of the molecule is CCNc1nc(C2CC2)nc(NC(C)C(=O)N(C)C)c1C. The summed E-state index contributed by atoms with van der Waals surface area (Å²) in [5.74, 6) is 3.00. The van der Waals surface area contributed by atoms with Gasteiger partial charge in [-0.15, -0.1) is 0 Å². The second-order valence-corrected chi connectivity index (χ2v) is 5.81. The molecule has 0 aromatic carbocycles. The minimum atomic E-state index is -0.310. The third kappa shape index (κ3) is 3.62. The van der Waals surface area contributed by atoms with Gasteiger partial charge in [-0.2, -0.15) is 0 Å². The van der Waals surface area contributed by atoms with E-state index in [0.717, 1.165) is 42.4 Å². The van der Waals surface area contributed by atoms with Crippen molar-refractivity contribution in [2.24, 2.45) is 0 Å². The fourth-order valence-electron chi connectivity index (χ4n) is 2.19. The molecular weight excluding hydrogens is 266 g/mol. The van der Waals surface area contributed by atoms with E-state index < -0.39 is 0 Å². The maximum absolute atomic E-state index is 12.0. The van der Waals surface area contributed by atoms with Crippen LogP contribution in [0.1, 0.15) is 44.0 Å². The van der Waals surface area contributed by atoms with Gasteiger partial charge in [0.1, 0.15) is 23.5 Å². The molecule has 1 aliphatic rings. The Morgan fingerprint density at radius 1 is 1.33 bits per heavy atom. The van der Waals surface area contributed by atoms with Crippen LogP contribution in [0, 0.1) is 6.92 Å². The van der Waals surface area contributed by atoms with Gasteiger partial charge in [0.25, 0.3) is 0 Å². The van der Waals surface area contributed by atoms with Crippen LogP contribution in [0.25, 0.3) is 0 Å². The van der Waals surface area contributed by atoms with Gasteiger partial charge in [-0.1, -0.05) is 0 Å². The lowest BCUT2D eigenvalue weighted by Crippen LogP contribution is -2.37. The summed E-state index contributed by atoms with van der Waals surface area (Å²) in [6.07, 6.45) is 2.31. The minimum absolute atomic E-state index is 0.0333. The molecule has 1 fully saturated rings. The molecule has 2 N–H and O–H groups in total. The van der Waals surface area contributed by atoms with Crippen molar-refractivity contribution in [2.75, 3.05) is 31.3 Å². The van der Waals surface area contributed by atoms with Crippen molar-refractivity contribution >= 4 is 17.5 Å². The van der Waals surface area contributed by atoms with Crippen LogP contribution in [-0.4, -0.2) is 47.5 Å². The number of aromatic nitrogens is 2. The van der Waals surface area contributed by atoms with E-state index in [4.69, 9.17) is 0 Å². The Balaban J connectivity index is 2.26. The maximum atomic E-state index is 12.0. The lowest BCUT2D eigenvalue weighted by molar-refractivity contribution is -0.129. The number of rotatable bonds is 6. The normalized spacial score (nSPS) is 15.5. The highest BCUT2D eigenvalue weighted by Gasteiger charge is 2.28. The predicted molar refractivity (Wildman–Crippen MR) is 84.7 cm³/mol. The van der Waals surface area contributed by atoms with Gasteiger partial charge >= 0.3 is 0 Å². The first kappa shape index (κ1) is 15.5. The van der Waals surface area contributed by atoms with E-state index in [2.05, 4.69) is 20.6 Å². The van der Waals surface area contributed by atoms with Crippen molar-refractivity contribution < 1.29 is 4.79 Å². The molecule has 1 aliphatic carbocycles. The van der Waals surface area contributed by atoms with Crippen LogP contribution in [0.5, 0.6) is 0 Å². The first-order valence-electron chi connectivity index (χ1n) is 7.54. The van der Waals surface area contributed by atoms with Crippen LogP contribution in [-0.2, 0) is 4.79 Å². The summed E-state index contributed by atoms with van der Waals surface area (Å²) in [6.45, 7) is 6.69. The molecule has 0 saturated heterocycles. The highest BCUT2D eigenvalue weighted by atomic mass is 16.2. The van der Waals surface area contributed by atoms with Gasteiger partial charge in [-0.3, -0.25) is 4.79 Å². The molecule has 1 heterocycles. The molecular formula is C15H25N5O. The van der Waals surface area contributed by atoms with E-state index in [9.17, 15) is 4.79 Å². The molecule has 0 bridgehead atoms. The number of anilines is 2. The van der Waals surface area contributed by atoms with Crippen molar-refractivity contribution in [2.45, 2.75) is 45.6 Å². The monoisotopic (exact) mass is 291 g/mol. The van der Waals surface area contributed by atoms with Crippen LogP contribution < -0.4 is 10.6 Å². The Bertz CT molecular complexity index is 525. The molecule has 6 nitrogen and oxygen atoms in total. The summed E-state index contributed by atoms with van der Waals surface area (Å²) in [5.41, 5.74) is 0.958. The Hall–Kier alpha value is -1.85. The number of likely N-dealkylation sites (N-methyl/N-ethyl adjacent to an activating group) is 1. The molecule has 6 heteroatoms. The first-order chi connectivity index (χ1) is 9.93. The number of carbonyl (C=O) groups excluding carboxylic acids is 1. The fourth-order valence-corrected chi connectivity index (χ4v) is 2.19. The van der Waals surface area contributed by atoms with Crippen LogP contribution in [0.3, 0.4) is 0 Å². The van der Waals surface area contributed by atoms with E-state index in [1.807, 2.05) is 20.8 Å². The molecule has 1 atom stereocenters. The summed E-state index contributed by atoms with van der Waals surface area (Å²) in [5, 5.41) is 6.51. The molecule has 0 spiro atoms. The maximum Gasteiger partial charge on any atom is 0.244 e. The lowest BCUT2D eigenvalue weighted by atomic mass is 10.2. The van der Waals surface area contributed by atoms with Crippen molar-refractivity contribution in [3.8, 4) is 0 Å². The largest absolute Gasteiger partial charge is 0.370 e. The number of hydrogen-bond acceptors (Lipinski definition) is 5. The minimum Gasteiger partial charge on any atom is -0.370 e. The number of nitrogens with zero attached hydrogens (tertiary/aromatic N) is 3. The molecule has 21 heavy (non-hydrogen) atoms. The zero-order valence-corrected chi connectivity index (χ0v) is 13.5. The van der Waals surface area contributed by atoms with E-state index in [1.54, 1.807) is 19.0 Å². The van der Waals surface area contributed by atoms with Gasteiger partial charge in [0.2, 0.25) is 5.91 Å². The van der Waals surface area contributed by atoms with Crippen LogP contribution in [0.15, 0.2) is 0 Å². The van der Waals surface area contributed by atoms with Gasteiger partial charge in [-0.25, -0.2) is 9.97 Å². The molecule has 0 aliphatic heterocycles. The van der Waals surface area contributed by atoms with Gasteiger partial charge < -0.3 is 15.5 Å². The average Bonchev–Trinajstić information content (AvgIpc) is 3.26. The number of hydrogen-bond donors (Lipinski definition) is 2. The van der Waals surface area contributed by atoms with Crippen LogP contribution >= 0.6 is 0 Å². The highest BCUT2D eigenvalue weighted by Crippen LogP contribution is 2.39. The van der Waals surface area contributed by atoms with Crippen LogP contribution in [0.2, 0.25) is 0 Å². The lowest BCUT2D eigenvalue weighted by Gasteiger charge is -2.21. The van der Waals surface area contributed by atoms with Gasteiger partial charge in [0.15, 0.2) is 0 Å². The first-order valence-corrected chi connectivity index (χ1v) is 7.54. The van der Waals surface area contributed by atoms with Gasteiger partial charge in [0.05, 0.1) is 0 Å². The van der Waals surface area contributed by atoms with Gasteiger partial charge in [-0.05, 0) is 33.6 Å². The van der Waals surface area contributed by atoms with Crippen molar-refractivity contribution in [3.63, 3.8) is 0 Å². The summed E-state index contributed by atoms with van der Waals surface area (Å²) >= 11 is 0. The van der Waals surface area contributed by atoms with Crippen molar-refractivity contribution in [3.05, 3.63) is 11.4 Å². The standard InChI is InChI=1S/C15H25N5O/c1-6-16-12-9(2)13(17-10(3)15(21)20(4)5)19-14(18-12)11-7-8-11/h10-11H,6-8H2,1-5H3,(H2,16,17,18,19). The van der Waals surface area contributed by atoms with E-state index in [1.165, 1.54) is 0 Å². The zero-order chi connectivity index (χ0) is 15.6. The second-order valence-electron chi connectivity index (χ2n) is 5.81. The second kappa shape index (κ2) is 6.28. The molecule has 1 saturated carbocycles. The molecule has 1 aromatic heterocycles. The topological polar surface area (TPSA) is 70.1 Å². The zero-order valence-electron chi connectivity index (χ0n) is 13.5. The quantitative estimate of drug-likeness (QED) is 0.838. The smallest absolute Gasteiger partial charge is 0.244 e. The summed E-state index contributed by atoms with van der Waals surface area (Å²) in [6, 6.07) is -0.310. The summed E-state index contributed by atoms with van der Waals surface area (Å²) < 4.78 is 0. The third-order valence-electron chi connectivity index (χ3n) is 3.61. The Morgan fingerprint density at radius 2 is 1.95 bits per heavy atom. The number of carbonyl (C=O) groups is 1. The fraction of sp³-hybridized carbons (Fsp3) is 0.667. The van der Waals surface area contributed by atoms with Crippen molar-refractivity contribution in [1.82, 2.24) is 14.9 Å². The molecule has 0 radical (unpaired) electrons. The summed E-state index contributed by atoms with van der Waals surface area (Å²) in [4.78, 5) is 22.8. The Kier molecular flexibility index (Phi) is 4.65. The molecule has 2 rings (SSSR count).